The van der Waals surface area contributed by atoms with Gasteiger partial charge in [-0.15, -0.1) is 24.1 Å². The first kappa shape index (κ1) is 21.9. The zero-order valence-corrected chi connectivity index (χ0v) is 17.8. The third-order valence-corrected chi connectivity index (χ3v) is 10.2. The van der Waals surface area contributed by atoms with Gasteiger partial charge >= 0.3 is 0 Å². The van der Waals surface area contributed by atoms with Crippen LogP contribution in [0, 0.1) is 24.2 Å². The maximum atomic E-state index is 10.2. The number of aliphatic hydroxyl groups is 1. The minimum Gasteiger partial charge on any atom is -0.417 e. The first-order chi connectivity index (χ1) is 11.7. The fourth-order valence-corrected chi connectivity index (χ4v) is 3.75. The largest absolute Gasteiger partial charge is 0.417 e. The van der Waals surface area contributed by atoms with Crippen molar-refractivity contribution in [2.75, 3.05) is 6.61 Å². The monoisotopic (exact) mass is 374 g/mol. The van der Waals surface area contributed by atoms with Gasteiger partial charge in [-0.1, -0.05) is 50.8 Å². The van der Waals surface area contributed by atoms with E-state index < -0.39 is 14.4 Å². The van der Waals surface area contributed by atoms with Crippen LogP contribution in [0.5, 0.6) is 0 Å². The average molecular weight is 375 g/mol. The molecule has 1 aromatic carbocycles. The lowest BCUT2D eigenvalue weighted by Crippen LogP contribution is -2.40. The lowest BCUT2D eigenvalue weighted by Gasteiger charge is -2.36. The van der Waals surface area contributed by atoms with Crippen molar-refractivity contribution in [1.29, 1.82) is 0 Å². The van der Waals surface area contributed by atoms with Crippen LogP contribution in [0.4, 0.5) is 0 Å². The van der Waals surface area contributed by atoms with Gasteiger partial charge in [0, 0.05) is 17.9 Å². The van der Waals surface area contributed by atoms with E-state index >= 15 is 0 Å². The van der Waals surface area contributed by atoms with Crippen LogP contribution < -0.4 is 0 Å². The van der Waals surface area contributed by atoms with Crippen molar-refractivity contribution in [1.82, 2.24) is 0 Å². The highest BCUT2D eigenvalue weighted by Gasteiger charge is 2.36. The van der Waals surface area contributed by atoms with Crippen LogP contribution in [0.1, 0.15) is 33.6 Å². The lowest BCUT2D eigenvalue weighted by molar-refractivity contribution is 0.243. The number of rotatable bonds is 7. The van der Waals surface area contributed by atoms with Crippen molar-refractivity contribution < 1.29 is 9.53 Å². The minimum atomic E-state index is -1.68. The molecule has 0 aliphatic carbocycles. The average Bonchev–Trinajstić information content (AvgIpc) is 2.55. The summed E-state index contributed by atoms with van der Waals surface area (Å²) in [4.78, 5) is 1.04. The molecule has 136 valence electrons. The second kappa shape index (κ2) is 10.1. The second-order valence-corrected chi connectivity index (χ2v) is 13.5. The molecule has 0 aliphatic heterocycles. The third-order valence-electron chi connectivity index (χ3n) is 4.42. The van der Waals surface area contributed by atoms with Crippen LogP contribution in [-0.4, -0.2) is 31.4 Å². The maximum absolute atomic E-state index is 10.2. The molecule has 0 heterocycles. The third kappa shape index (κ3) is 7.71. The number of unbranched alkanes of at least 4 members (excludes halogenated alkanes) is 1. The molecule has 0 radical (unpaired) electrons. The molecule has 0 aromatic heterocycles. The number of benzene rings is 1. The van der Waals surface area contributed by atoms with Crippen LogP contribution in [0.15, 0.2) is 35.2 Å². The van der Waals surface area contributed by atoms with E-state index in [2.05, 4.69) is 51.6 Å². The Balaban J connectivity index is 2.40. The molecule has 2 atom stereocenters. The highest BCUT2D eigenvalue weighted by atomic mass is 32.2. The Hall–Kier alpha value is -1.17. The molecule has 1 N–H and O–H groups in total. The lowest BCUT2D eigenvalue weighted by atomic mass is 10.2. The highest BCUT2D eigenvalue weighted by Crippen LogP contribution is 2.36. The smallest absolute Gasteiger partial charge is 0.191 e. The molecule has 0 bridgehead atoms. The van der Waals surface area contributed by atoms with Crippen molar-refractivity contribution in [2.45, 2.75) is 68.0 Å². The summed E-state index contributed by atoms with van der Waals surface area (Å²) in [6.07, 6.45) is 6.31. The Labute approximate surface area is 158 Å². The van der Waals surface area contributed by atoms with E-state index in [4.69, 9.17) is 10.8 Å². The number of hydrogen-bond acceptors (Lipinski definition) is 3. The Morgan fingerprint density at radius 2 is 1.88 bits per heavy atom. The Bertz CT molecular complexity index is 617. The molecule has 0 saturated heterocycles. The van der Waals surface area contributed by atoms with E-state index in [0.29, 0.717) is 6.42 Å². The molecule has 0 fully saturated rings. The summed E-state index contributed by atoms with van der Waals surface area (Å²) in [5.41, 5.74) is 0. The standard InChI is InChI=1S/C21H30O2SSi/c1-7-20(24-18-14-10-8-11-15-18)19(22)16-12-9-13-17-23-25(5,6)21(2,3)4/h1,8,10-11,14-15,19-20,22H,9,13,17H2,2-6H3/t19-,20+/m1/s1. The Morgan fingerprint density at radius 3 is 2.44 bits per heavy atom. The molecule has 25 heavy (non-hydrogen) atoms. The van der Waals surface area contributed by atoms with Crippen molar-refractivity contribution in [3.05, 3.63) is 30.3 Å². The van der Waals surface area contributed by atoms with Crippen LogP contribution >= 0.6 is 11.8 Å². The van der Waals surface area contributed by atoms with E-state index in [-0.39, 0.29) is 10.3 Å². The predicted molar refractivity (Wildman–Crippen MR) is 111 cm³/mol. The van der Waals surface area contributed by atoms with Crippen LogP contribution in [0.2, 0.25) is 18.1 Å². The summed E-state index contributed by atoms with van der Waals surface area (Å²) < 4.78 is 6.12. The maximum Gasteiger partial charge on any atom is 0.191 e. The molecule has 4 heteroatoms. The molecule has 2 nitrogen and oxygen atoms in total. The predicted octanol–water partition coefficient (Wildman–Crippen LogP) is 4.95. The molecular formula is C21H30O2SSi. The fourth-order valence-electron chi connectivity index (χ4n) is 1.79. The van der Waals surface area contributed by atoms with Gasteiger partial charge in [0.25, 0.3) is 0 Å². The van der Waals surface area contributed by atoms with Gasteiger partial charge in [0.15, 0.2) is 8.32 Å². The highest BCUT2D eigenvalue weighted by molar-refractivity contribution is 8.00. The van der Waals surface area contributed by atoms with Crippen molar-refractivity contribution in [3.8, 4) is 24.2 Å². The Morgan fingerprint density at radius 1 is 1.24 bits per heavy atom. The summed E-state index contributed by atoms with van der Waals surface area (Å²) in [7, 11) is -1.68. The number of hydrogen-bond donors (Lipinski definition) is 1. The van der Waals surface area contributed by atoms with Gasteiger partial charge < -0.3 is 9.53 Å². The van der Waals surface area contributed by atoms with E-state index in [1.807, 2.05) is 30.3 Å². The van der Waals surface area contributed by atoms with Gasteiger partial charge in [0.2, 0.25) is 0 Å². The van der Waals surface area contributed by atoms with E-state index in [1.165, 1.54) is 11.8 Å². The van der Waals surface area contributed by atoms with Crippen LogP contribution in [-0.2, 0) is 4.43 Å². The first-order valence-corrected chi connectivity index (χ1v) is 12.4. The SMILES string of the molecule is C#C[C@H](Sc1ccccc1)[C@H](O)C#CCCCO[Si](C)(C)C(C)(C)C. The quantitative estimate of drug-likeness (QED) is 0.317. The first-order valence-electron chi connectivity index (χ1n) is 8.65. The minimum absolute atomic E-state index is 0.226. The molecule has 0 spiro atoms. The van der Waals surface area contributed by atoms with Crippen LogP contribution in [0.25, 0.3) is 0 Å². The molecule has 0 amide bonds. The zero-order valence-electron chi connectivity index (χ0n) is 16.0. The van der Waals surface area contributed by atoms with Gasteiger partial charge in [-0.3, -0.25) is 0 Å². The van der Waals surface area contributed by atoms with Crippen molar-refractivity contribution >= 4 is 20.1 Å². The normalized spacial score (nSPS) is 14.1. The molecule has 0 aliphatic rings. The zero-order chi connectivity index (χ0) is 18.9. The van der Waals surface area contributed by atoms with Gasteiger partial charge in [-0.05, 0) is 36.7 Å². The molecule has 0 unspecified atom stereocenters. The molecule has 1 rings (SSSR count). The molecule has 1 aromatic rings. The Kier molecular flexibility index (Phi) is 8.83. The summed E-state index contributed by atoms with van der Waals surface area (Å²) >= 11 is 1.46. The van der Waals surface area contributed by atoms with Gasteiger partial charge in [0.1, 0.15) is 11.4 Å². The molecular weight excluding hydrogens is 344 g/mol. The number of aliphatic hydroxyl groups excluding tert-OH is 1. The molecule has 0 saturated carbocycles. The van der Waals surface area contributed by atoms with E-state index in [1.54, 1.807) is 0 Å². The van der Waals surface area contributed by atoms with E-state index in [9.17, 15) is 5.11 Å². The van der Waals surface area contributed by atoms with Crippen molar-refractivity contribution in [3.63, 3.8) is 0 Å². The van der Waals surface area contributed by atoms with Crippen LogP contribution in [0.3, 0.4) is 0 Å². The number of terminal acetylenes is 1. The van der Waals surface area contributed by atoms with Crippen molar-refractivity contribution in [2.24, 2.45) is 0 Å². The summed E-state index contributed by atoms with van der Waals surface area (Å²) in [5.74, 6) is 8.55. The summed E-state index contributed by atoms with van der Waals surface area (Å²) in [5, 5.41) is 10.1. The van der Waals surface area contributed by atoms with E-state index in [0.717, 1.165) is 17.9 Å². The van der Waals surface area contributed by atoms with Gasteiger partial charge in [-0.2, -0.15) is 0 Å². The summed E-state index contributed by atoms with van der Waals surface area (Å²) in [6, 6.07) is 9.82. The number of thioether (sulfide) groups is 1. The van der Waals surface area contributed by atoms with Gasteiger partial charge in [0.05, 0.1) is 0 Å². The second-order valence-electron chi connectivity index (χ2n) is 7.50. The fraction of sp³-hybridized carbons (Fsp3) is 0.524. The summed E-state index contributed by atoms with van der Waals surface area (Å²) in [6.45, 7) is 11.9. The van der Waals surface area contributed by atoms with Gasteiger partial charge in [-0.25, -0.2) is 0 Å². The topological polar surface area (TPSA) is 29.5 Å².